The van der Waals surface area contributed by atoms with Crippen molar-refractivity contribution >= 4 is 23.4 Å². The van der Waals surface area contributed by atoms with Crippen molar-refractivity contribution in [3.8, 4) is 0 Å². The molecule has 0 aliphatic heterocycles. The first-order chi connectivity index (χ1) is 11.0. The van der Waals surface area contributed by atoms with Crippen LogP contribution in [-0.4, -0.2) is 28.7 Å². The minimum absolute atomic E-state index is 0.151. The summed E-state index contributed by atoms with van der Waals surface area (Å²) >= 11 is 1.18. The predicted octanol–water partition coefficient (Wildman–Crippen LogP) is 2.26. The van der Waals surface area contributed by atoms with Gasteiger partial charge in [-0.3, -0.25) is 9.59 Å². The van der Waals surface area contributed by atoms with Crippen LogP contribution in [0.2, 0.25) is 0 Å². The van der Waals surface area contributed by atoms with E-state index in [0.717, 1.165) is 16.8 Å². The van der Waals surface area contributed by atoms with Gasteiger partial charge in [-0.25, -0.2) is 4.98 Å². The number of carbonyl (C=O) groups excluding carboxylic acids is 1. The Morgan fingerprint density at radius 2 is 2.13 bits per heavy atom. The number of carbonyl (C=O) groups is 1. The number of ether oxygens (including phenoxy) is 1. The molecular weight excluding hydrogens is 314 g/mol. The molecule has 0 aliphatic rings. The zero-order valence-electron chi connectivity index (χ0n) is 13.3. The smallest absolute Gasteiger partial charge is 0.251 e. The van der Waals surface area contributed by atoms with E-state index in [9.17, 15) is 9.59 Å². The number of aromatic nitrogens is 2. The van der Waals surface area contributed by atoms with Crippen LogP contribution < -0.4 is 10.9 Å². The summed E-state index contributed by atoms with van der Waals surface area (Å²) in [4.78, 5) is 30.4. The molecule has 0 saturated heterocycles. The van der Waals surface area contributed by atoms with Crippen molar-refractivity contribution in [3.63, 3.8) is 0 Å². The Morgan fingerprint density at radius 3 is 2.83 bits per heavy atom. The standard InChI is InChI=1S/C16H19N3O3S/c1-10-4-5-13(11(2)6-10)18-15(21)9-23-16-17-12(8-22-3)7-14(20)19-16/h4-7H,8-9H2,1-3H3,(H,18,21)(H,17,19,20). The normalized spacial score (nSPS) is 10.6. The second-order valence-corrected chi connectivity index (χ2v) is 6.09. The highest BCUT2D eigenvalue weighted by molar-refractivity contribution is 7.99. The molecule has 0 fully saturated rings. The number of rotatable bonds is 6. The van der Waals surface area contributed by atoms with Crippen LogP contribution in [0.15, 0.2) is 34.2 Å². The molecule has 2 rings (SSSR count). The van der Waals surface area contributed by atoms with E-state index in [1.807, 2.05) is 32.0 Å². The lowest BCUT2D eigenvalue weighted by Crippen LogP contribution is -2.16. The first-order valence-corrected chi connectivity index (χ1v) is 8.05. The van der Waals surface area contributed by atoms with Crippen LogP contribution in [0.1, 0.15) is 16.8 Å². The third-order valence-corrected chi connectivity index (χ3v) is 3.93. The van der Waals surface area contributed by atoms with E-state index in [0.29, 0.717) is 10.9 Å². The van der Waals surface area contributed by atoms with Crippen LogP contribution in [-0.2, 0) is 16.1 Å². The van der Waals surface area contributed by atoms with E-state index in [4.69, 9.17) is 4.74 Å². The monoisotopic (exact) mass is 333 g/mol. The third kappa shape index (κ3) is 5.22. The number of benzene rings is 1. The van der Waals surface area contributed by atoms with Crippen LogP contribution in [0, 0.1) is 13.8 Å². The lowest BCUT2D eigenvalue weighted by molar-refractivity contribution is -0.113. The predicted molar refractivity (Wildman–Crippen MR) is 90.8 cm³/mol. The molecule has 0 bridgehead atoms. The van der Waals surface area contributed by atoms with E-state index < -0.39 is 0 Å². The summed E-state index contributed by atoms with van der Waals surface area (Å²) in [5.74, 6) is 0.00826. The largest absolute Gasteiger partial charge is 0.378 e. The van der Waals surface area contributed by atoms with E-state index in [-0.39, 0.29) is 23.8 Å². The van der Waals surface area contributed by atoms with Gasteiger partial charge in [-0.1, -0.05) is 29.5 Å². The number of nitrogens with one attached hydrogen (secondary N) is 2. The van der Waals surface area contributed by atoms with Gasteiger partial charge in [0, 0.05) is 18.9 Å². The fourth-order valence-electron chi connectivity index (χ4n) is 2.05. The summed E-state index contributed by atoms with van der Waals surface area (Å²) in [5, 5.41) is 3.26. The number of aromatic amines is 1. The van der Waals surface area contributed by atoms with Crippen molar-refractivity contribution in [2.24, 2.45) is 0 Å². The fraction of sp³-hybridized carbons (Fsp3) is 0.312. The fourth-order valence-corrected chi connectivity index (χ4v) is 2.74. The number of anilines is 1. The number of aryl methyl sites for hydroxylation is 2. The molecule has 0 saturated carbocycles. The summed E-state index contributed by atoms with van der Waals surface area (Å²) in [6.45, 7) is 4.21. The van der Waals surface area contributed by atoms with Gasteiger partial charge in [-0.15, -0.1) is 0 Å². The number of hydrogen-bond donors (Lipinski definition) is 2. The molecule has 0 radical (unpaired) electrons. The molecule has 1 amide bonds. The van der Waals surface area contributed by atoms with Gasteiger partial charge in [0.15, 0.2) is 5.16 Å². The second kappa shape index (κ2) is 7.94. The number of hydrogen-bond acceptors (Lipinski definition) is 5. The molecule has 23 heavy (non-hydrogen) atoms. The van der Waals surface area contributed by atoms with Gasteiger partial charge in [0.1, 0.15) is 0 Å². The van der Waals surface area contributed by atoms with Gasteiger partial charge < -0.3 is 15.0 Å². The van der Waals surface area contributed by atoms with Crippen molar-refractivity contribution in [1.29, 1.82) is 0 Å². The number of methoxy groups -OCH3 is 1. The Kier molecular flexibility index (Phi) is 5.95. The van der Waals surface area contributed by atoms with E-state index >= 15 is 0 Å². The van der Waals surface area contributed by atoms with Crippen molar-refractivity contribution in [2.75, 3.05) is 18.2 Å². The minimum atomic E-state index is -0.260. The molecule has 2 aromatic rings. The topological polar surface area (TPSA) is 84.1 Å². The van der Waals surface area contributed by atoms with Crippen molar-refractivity contribution in [2.45, 2.75) is 25.6 Å². The molecule has 122 valence electrons. The molecule has 7 heteroatoms. The Morgan fingerprint density at radius 1 is 1.35 bits per heavy atom. The van der Waals surface area contributed by atoms with Crippen LogP contribution >= 0.6 is 11.8 Å². The van der Waals surface area contributed by atoms with Gasteiger partial charge in [0.25, 0.3) is 5.56 Å². The number of thioether (sulfide) groups is 1. The number of nitrogens with zero attached hydrogens (tertiary/aromatic N) is 1. The molecule has 1 heterocycles. The van der Waals surface area contributed by atoms with Crippen LogP contribution in [0.4, 0.5) is 5.69 Å². The van der Waals surface area contributed by atoms with Gasteiger partial charge >= 0.3 is 0 Å². The zero-order valence-corrected chi connectivity index (χ0v) is 14.1. The first kappa shape index (κ1) is 17.2. The Balaban J connectivity index is 1.97. The second-order valence-electron chi connectivity index (χ2n) is 5.13. The number of amides is 1. The van der Waals surface area contributed by atoms with Crippen LogP contribution in [0.3, 0.4) is 0 Å². The van der Waals surface area contributed by atoms with Gasteiger partial charge in [-0.2, -0.15) is 0 Å². The van der Waals surface area contributed by atoms with Crippen LogP contribution in [0.5, 0.6) is 0 Å². The van der Waals surface area contributed by atoms with Gasteiger partial charge in [-0.05, 0) is 25.5 Å². The molecule has 1 aromatic heterocycles. The summed E-state index contributed by atoms with van der Waals surface area (Å²) in [6, 6.07) is 7.22. The van der Waals surface area contributed by atoms with Gasteiger partial charge in [0.05, 0.1) is 18.1 Å². The molecule has 0 aliphatic carbocycles. The van der Waals surface area contributed by atoms with Crippen LogP contribution in [0.25, 0.3) is 0 Å². The maximum Gasteiger partial charge on any atom is 0.251 e. The van der Waals surface area contributed by atoms with Crippen molar-refractivity contribution in [1.82, 2.24) is 9.97 Å². The summed E-state index contributed by atoms with van der Waals surface area (Å²) in [6.07, 6.45) is 0. The zero-order chi connectivity index (χ0) is 16.8. The highest BCUT2D eigenvalue weighted by Crippen LogP contribution is 2.17. The van der Waals surface area contributed by atoms with E-state index in [1.165, 1.54) is 24.9 Å². The molecular formula is C16H19N3O3S. The SMILES string of the molecule is COCc1cc(=O)[nH]c(SCC(=O)Nc2ccc(C)cc2C)n1. The lowest BCUT2D eigenvalue weighted by atomic mass is 10.1. The maximum atomic E-state index is 12.0. The molecule has 0 spiro atoms. The minimum Gasteiger partial charge on any atom is -0.378 e. The Bertz CT molecular complexity index is 758. The quantitative estimate of drug-likeness (QED) is 0.626. The molecule has 0 unspecified atom stereocenters. The lowest BCUT2D eigenvalue weighted by Gasteiger charge is -2.09. The van der Waals surface area contributed by atoms with E-state index in [2.05, 4.69) is 15.3 Å². The average molecular weight is 333 g/mol. The summed E-state index contributed by atoms with van der Waals surface area (Å²) in [5.41, 5.74) is 3.22. The molecule has 2 N–H and O–H groups in total. The van der Waals surface area contributed by atoms with Gasteiger partial charge in [0.2, 0.25) is 5.91 Å². The maximum absolute atomic E-state index is 12.0. The Labute approximate surface area is 138 Å². The first-order valence-electron chi connectivity index (χ1n) is 7.07. The van der Waals surface area contributed by atoms with E-state index in [1.54, 1.807) is 0 Å². The number of H-pyrrole nitrogens is 1. The Hall–Kier alpha value is -2.12. The highest BCUT2D eigenvalue weighted by atomic mass is 32.2. The molecule has 6 nitrogen and oxygen atoms in total. The molecule has 0 atom stereocenters. The highest BCUT2D eigenvalue weighted by Gasteiger charge is 2.08. The summed E-state index contributed by atoms with van der Waals surface area (Å²) in [7, 11) is 1.53. The summed E-state index contributed by atoms with van der Waals surface area (Å²) < 4.78 is 4.96. The van der Waals surface area contributed by atoms with Crippen molar-refractivity contribution < 1.29 is 9.53 Å². The average Bonchev–Trinajstić information content (AvgIpc) is 2.48. The van der Waals surface area contributed by atoms with Crippen molar-refractivity contribution in [3.05, 3.63) is 51.4 Å². The third-order valence-electron chi connectivity index (χ3n) is 3.06. The molecule has 1 aromatic carbocycles.